The van der Waals surface area contributed by atoms with E-state index >= 15 is 0 Å². The Morgan fingerprint density at radius 2 is 1.95 bits per heavy atom. The largest absolute Gasteiger partial charge is 0.427 e. The number of ether oxygens (including phenoxy) is 1. The highest BCUT2D eigenvalue weighted by Crippen LogP contribution is 2.19. The Labute approximate surface area is 113 Å². The molecule has 0 bridgehead atoms. The van der Waals surface area contributed by atoms with Crippen LogP contribution in [0.3, 0.4) is 0 Å². The van der Waals surface area contributed by atoms with Crippen LogP contribution < -0.4 is 4.74 Å². The molecule has 19 heavy (non-hydrogen) atoms. The zero-order chi connectivity index (χ0) is 13.8. The van der Waals surface area contributed by atoms with Crippen molar-refractivity contribution in [2.45, 2.75) is 26.7 Å². The summed E-state index contributed by atoms with van der Waals surface area (Å²) in [4.78, 5) is 25.0. The van der Waals surface area contributed by atoms with Gasteiger partial charge in [0.2, 0.25) is 0 Å². The second kappa shape index (κ2) is 5.87. The minimum Gasteiger partial charge on any atom is -0.427 e. The lowest BCUT2D eigenvalue weighted by atomic mass is 9.99. The number of hydrogen-bond donors (Lipinski definition) is 0. The Hall–Kier alpha value is -1.84. The van der Waals surface area contributed by atoms with Crippen molar-refractivity contribution in [3.05, 3.63) is 29.8 Å². The summed E-state index contributed by atoms with van der Waals surface area (Å²) >= 11 is 0. The van der Waals surface area contributed by atoms with E-state index in [2.05, 4.69) is 6.92 Å². The van der Waals surface area contributed by atoms with Gasteiger partial charge < -0.3 is 9.64 Å². The fraction of sp³-hybridized carbons (Fsp3) is 0.467. The molecule has 4 heteroatoms. The van der Waals surface area contributed by atoms with Gasteiger partial charge in [-0.2, -0.15) is 0 Å². The maximum absolute atomic E-state index is 12.3. The number of likely N-dealkylation sites (tertiary alicyclic amines) is 1. The minimum absolute atomic E-state index is 0.0564. The molecule has 0 unspecified atom stereocenters. The fourth-order valence-corrected chi connectivity index (χ4v) is 2.39. The van der Waals surface area contributed by atoms with Crippen LogP contribution in [0.5, 0.6) is 5.75 Å². The molecule has 0 saturated carbocycles. The van der Waals surface area contributed by atoms with Gasteiger partial charge in [-0.3, -0.25) is 9.59 Å². The highest BCUT2D eigenvalue weighted by atomic mass is 16.5. The van der Waals surface area contributed by atoms with E-state index in [1.807, 2.05) is 4.90 Å². The lowest BCUT2D eigenvalue weighted by Gasteiger charge is -2.31. The molecule has 102 valence electrons. The van der Waals surface area contributed by atoms with Gasteiger partial charge in [0, 0.05) is 25.6 Å². The van der Waals surface area contributed by atoms with Crippen LogP contribution in [0, 0.1) is 5.92 Å². The molecule has 1 aromatic carbocycles. The third-order valence-corrected chi connectivity index (χ3v) is 3.31. The van der Waals surface area contributed by atoms with E-state index in [4.69, 9.17) is 4.74 Å². The van der Waals surface area contributed by atoms with Gasteiger partial charge in [0.1, 0.15) is 5.75 Å². The van der Waals surface area contributed by atoms with Crippen molar-refractivity contribution >= 4 is 11.9 Å². The molecule has 0 aromatic heterocycles. The lowest BCUT2D eigenvalue weighted by molar-refractivity contribution is -0.131. The second-order valence-corrected chi connectivity index (χ2v) is 5.12. The van der Waals surface area contributed by atoms with E-state index in [1.54, 1.807) is 24.3 Å². The van der Waals surface area contributed by atoms with Crippen LogP contribution in [-0.4, -0.2) is 29.9 Å². The predicted octanol–water partition coefficient (Wildman–Crippen LogP) is 2.48. The maximum Gasteiger partial charge on any atom is 0.308 e. The van der Waals surface area contributed by atoms with Crippen molar-refractivity contribution in [1.82, 2.24) is 4.90 Å². The zero-order valence-electron chi connectivity index (χ0n) is 11.4. The normalized spacial score (nSPS) is 19.1. The van der Waals surface area contributed by atoms with Crippen LogP contribution in [0.4, 0.5) is 0 Å². The van der Waals surface area contributed by atoms with Crippen LogP contribution >= 0.6 is 0 Å². The Morgan fingerprint density at radius 1 is 1.26 bits per heavy atom. The summed E-state index contributed by atoms with van der Waals surface area (Å²) < 4.78 is 4.95. The molecule has 1 heterocycles. The van der Waals surface area contributed by atoms with Crippen molar-refractivity contribution in [3.63, 3.8) is 0 Å². The quantitative estimate of drug-likeness (QED) is 0.607. The Balaban J connectivity index is 2.04. The lowest BCUT2D eigenvalue weighted by Crippen LogP contribution is -2.39. The molecule has 1 atom stereocenters. The van der Waals surface area contributed by atoms with Crippen molar-refractivity contribution in [2.24, 2.45) is 5.92 Å². The van der Waals surface area contributed by atoms with Crippen molar-refractivity contribution < 1.29 is 14.3 Å². The molecule has 2 rings (SSSR count). The van der Waals surface area contributed by atoms with E-state index in [0.717, 1.165) is 19.5 Å². The van der Waals surface area contributed by atoms with Gasteiger partial charge in [0.25, 0.3) is 5.91 Å². The number of rotatable bonds is 2. The average molecular weight is 261 g/mol. The zero-order valence-corrected chi connectivity index (χ0v) is 11.4. The SMILES string of the molecule is CC(=O)Oc1ccc(C(=O)N2CCC[C@@H](C)C2)cc1. The molecule has 0 aliphatic carbocycles. The van der Waals surface area contributed by atoms with E-state index in [0.29, 0.717) is 17.2 Å². The summed E-state index contributed by atoms with van der Waals surface area (Å²) in [5.41, 5.74) is 0.644. The minimum atomic E-state index is -0.357. The number of nitrogens with zero attached hydrogens (tertiary/aromatic N) is 1. The van der Waals surface area contributed by atoms with Gasteiger partial charge in [0.15, 0.2) is 0 Å². The first-order chi connectivity index (χ1) is 9.06. The molecule has 1 aromatic rings. The van der Waals surface area contributed by atoms with Gasteiger partial charge in [-0.1, -0.05) is 6.92 Å². The summed E-state index contributed by atoms with van der Waals surface area (Å²) in [6.07, 6.45) is 2.26. The molecule has 1 aliphatic heterocycles. The smallest absolute Gasteiger partial charge is 0.308 e. The molecular weight excluding hydrogens is 242 g/mol. The topological polar surface area (TPSA) is 46.6 Å². The number of carbonyl (C=O) groups is 2. The van der Waals surface area contributed by atoms with E-state index in [1.165, 1.54) is 13.3 Å². The molecule has 1 fully saturated rings. The number of amides is 1. The van der Waals surface area contributed by atoms with Crippen LogP contribution in [0.15, 0.2) is 24.3 Å². The first-order valence-electron chi connectivity index (χ1n) is 6.64. The summed E-state index contributed by atoms with van der Waals surface area (Å²) in [6.45, 7) is 5.18. The summed E-state index contributed by atoms with van der Waals surface area (Å²) in [5, 5.41) is 0. The maximum atomic E-state index is 12.3. The molecule has 1 amide bonds. The Morgan fingerprint density at radius 3 is 2.53 bits per heavy atom. The first-order valence-corrected chi connectivity index (χ1v) is 6.64. The van der Waals surface area contributed by atoms with Crippen molar-refractivity contribution in [1.29, 1.82) is 0 Å². The standard InChI is InChI=1S/C15H19NO3/c1-11-4-3-9-16(10-11)15(18)13-5-7-14(8-6-13)19-12(2)17/h5-8,11H,3-4,9-10H2,1-2H3/t11-/m1/s1. The number of carbonyl (C=O) groups excluding carboxylic acids is 2. The second-order valence-electron chi connectivity index (χ2n) is 5.12. The van der Waals surface area contributed by atoms with E-state index < -0.39 is 0 Å². The molecule has 1 aliphatic rings. The average Bonchev–Trinajstić information content (AvgIpc) is 2.38. The van der Waals surface area contributed by atoms with Crippen molar-refractivity contribution in [2.75, 3.05) is 13.1 Å². The number of esters is 1. The molecule has 0 N–H and O–H groups in total. The third kappa shape index (κ3) is 3.56. The summed E-state index contributed by atoms with van der Waals surface area (Å²) in [6, 6.07) is 6.73. The van der Waals surface area contributed by atoms with Gasteiger partial charge in [-0.05, 0) is 43.0 Å². The molecule has 0 spiro atoms. The third-order valence-electron chi connectivity index (χ3n) is 3.31. The molecule has 1 saturated heterocycles. The van der Waals surface area contributed by atoms with Crippen LogP contribution in [0.25, 0.3) is 0 Å². The van der Waals surface area contributed by atoms with Crippen LogP contribution in [0.1, 0.15) is 37.0 Å². The monoisotopic (exact) mass is 261 g/mol. The van der Waals surface area contributed by atoms with Crippen LogP contribution in [-0.2, 0) is 4.79 Å². The molecule has 4 nitrogen and oxygen atoms in total. The molecule has 0 radical (unpaired) electrons. The fourth-order valence-electron chi connectivity index (χ4n) is 2.39. The Bertz CT molecular complexity index is 467. The van der Waals surface area contributed by atoms with Gasteiger partial charge in [0.05, 0.1) is 0 Å². The highest BCUT2D eigenvalue weighted by Gasteiger charge is 2.21. The number of piperidine rings is 1. The van der Waals surface area contributed by atoms with Gasteiger partial charge in [-0.25, -0.2) is 0 Å². The highest BCUT2D eigenvalue weighted by molar-refractivity contribution is 5.94. The predicted molar refractivity (Wildman–Crippen MR) is 72.1 cm³/mol. The molecular formula is C15H19NO3. The van der Waals surface area contributed by atoms with Gasteiger partial charge >= 0.3 is 5.97 Å². The first kappa shape index (κ1) is 13.6. The van der Waals surface area contributed by atoms with E-state index in [9.17, 15) is 9.59 Å². The van der Waals surface area contributed by atoms with E-state index in [-0.39, 0.29) is 11.9 Å². The summed E-state index contributed by atoms with van der Waals surface area (Å²) in [5.74, 6) is 0.735. The Kier molecular flexibility index (Phi) is 4.20. The number of hydrogen-bond acceptors (Lipinski definition) is 3. The number of benzene rings is 1. The van der Waals surface area contributed by atoms with Gasteiger partial charge in [-0.15, -0.1) is 0 Å². The van der Waals surface area contributed by atoms with Crippen molar-refractivity contribution in [3.8, 4) is 5.75 Å². The van der Waals surface area contributed by atoms with Crippen LogP contribution in [0.2, 0.25) is 0 Å². The summed E-state index contributed by atoms with van der Waals surface area (Å²) in [7, 11) is 0.